The number of anilines is 8. The van der Waals surface area contributed by atoms with Gasteiger partial charge in [0.05, 0.1) is 30.6 Å². The van der Waals surface area contributed by atoms with E-state index < -0.39 is 8.07 Å². The lowest BCUT2D eigenvalue weighted by Crippen LogP contribution is -2.64. The third kappa shape index (κ3) is 7.47. The maximum Gasteiger partial charge on any atom is 0.297 e. The van der Waals surface area contributed by atoms with Gasteiger partial charge in [0.25, 0.3) is 6.71 Å². The zero-order valence-corrected chi connectivity index (χ0v) is 50.0. The van der Waals surface area contributed by atoms with Gasteiger partial charge in [-0.15, -0.1) is 0 Å². The van der Waals surface area contributed by atoms with Crippen LogP contribution in [0.15, 0.2) is 114 Å². The van der Waals surface area contributed by atoms with Crippen molar-refractivity contribution in [1.82, 2.24) is 0 Å². The third-order valence-corrected chi connectivity index (χ3v) is 21.7. The number of hydrogen-bond acceptors (Lipinski definition) is 4. The molecule has 2 atom stereocenters. The van der Waals surface area contributed by atoms with Gasteiger partial charge in [-0.3, -0.25) is 0 Å². The van der Waals surface area contributed by atoms with Gasteiger partial charge in [-0.05, 0) is 165 Å². The van der Waals surface area contributed by atoms with Crippen molar-refractivity contribution in [2.24, 2.45) is 0 Å². The lowest BCUT2D eigenvalue weighted by molar-refractivity contribution is 0.195. The Morgan fingerprint density at radius 1 is 0.533 bits per heavy atom. The van der Waals surface area contributed by atoms with Crippen molar-refractivity contribution < 1.29 is 4.42 Å². The average molecular weight is 1010 g/mol. The normalized spacial score (nSPS) is 21.4. The van der Waals surface area contributed by atoms with Gasteiger partial charge in [-0.2, -0.15) is 0 Å². The summed E-state index contributed by atoms with van der Waals surface area (Å²) in [5.74, 6) is 0. The van der Waals surface area contributed by atoms with Crippen LogP contribution in [0.1, 0.15) is 176 Å². The van der Waals surface area contributed by atoms with Crippen molar-refractivity contribution in [2.75, 3.05) is 14.7 Å². The van der Waals surface area contributed by atoms with E-state index in [4.69, 9.17) is 4.42 Å². The highest BCUT2D eigenvalue weighted by Gasteiger charge is 2.62. The maximum atomic E-state index is 7.77. The molecule has 0 bridgehead atoms. The van der Waals surface area contributed by atoms with Crippen LogP contribution >= 0.6 is 0 Å². The minimum absolute atomic E-state index is 0.00758. The van der Waals surface area contributed by atoms with Gasteiger partial charge in [-0.25, -0.2) is 0 Å². The highest BCUT2D eigenvalue weighted by atomic mass is 28.3. The molecule has 5 aliphatic rings. The lowest BCUT2D eigenvalue weighted by atomic mass is 9.35. The molecular weight excluding hydrogens is 926 g/mol. The Morgan fingerprint density at radius 2 is 1.07 bits per heavy atom. The Balaban J connectivity index is 1.24. The van der Waals surface area contributed by atoms with Crippen molar-refractivity contribution in [2.45, 2.75) is 200 Å². The molecule has 6 aromatic carbocycles. The molecule has 3 aliphatic heterocycles. The Morgan fingerprint density at radius 3 is 1.64 bits per heavy atom. The van der Waals surface area contributed by atoms with Gasteiger partial charge in [0.2, 0.25) is 0 Å². The predicted molar refractivity (Wildman–Crippen MR) is 327 cm³/mol. The van der Waals surface area contributed by atoms with E-state index in [1.807, 2.05) is 0 Å². The molecule has 0 saturated heterocycles. The molecule has 0 radical (unpaired) electrons. The first-order valence-corrected chi connectivity index (χ1v) is 32.1. The molecule has 6 heteroatoms. The van der Waals surface area contributed by atoms with Crippen molar-refractivity contribution >= 4 is 93.0 Å². The first kappa shape index (κ1) is 50.4. The fraction of sp³-hybridized carbons (Fsp3) is 0.449. The Bertz CT molecular complexity index is 3400. The first-order valence-electron chi connectivity index (χ1n) is 28.6. The Labute approximate surface area is 452 Å². The Kier molecular flexibility index (Phi) is 10.8. The van der Waals surface area contributed by atoms with E-state index in [0.717, 1.165) is 41.9 Å². The summed E-state index contributed by atoms with van der Waals surface area (Å²) < 4.78 is 7.77. The number of rotatable bonds is 5. The van der Waals surface area contributed by atoms with E-state index in [9.17, 15) is 0 Å². The van der Waals surface area contributed by atoms with E-state index in [2.05, 4.69) is 247 Å². The van der Waals surface area contributed by atoms with Gasteiger partial charge < -0.3 is 19.1 Å². The van der Waals surface area contributed by atoms with Gasteiger partial charge >= 0.3 is 0 Å². The molecule has 1 aromatic heterocycles. The van der Waals surface area contributed by atoms with Crippen LogP contribution in [0.3, 0.4) is 0 Å². The molecule has 2 unspecified atom stereocenters. The van der Waals surface area contributed by atoms with Gasteiger partial charge in [0, 0.05) is 44.9 Å². The molecule has 4 nitrogen and oxygen atoms in total. The molecule has 1 fully saturated rings. The van der Waals surface area contributed by atoms with Crippen LogP contribution in [0.4, 0.5) is 45.5 Å². The van der Waals surface area contributed by atoms with E-state index >= 15 is 0 Å². The minimum Gasteiger partial charge on any atom is -0.468 e. The third-order valence-electron chi connectivity index (χ3n) is 19.7. The highest BCUT2D eigenvalue weighted by molar-refractivity contribution is 7.00. The molecule has 7 aromatic rings. The van der Waals surface area contributed by atoms with Gasteiger partial charge in [0.1, 0.15) is 5.58 Å². The summed E-state index contributed by atoms with van der Waals surface area (Å²) in [6, 6.07) is 44.1. The maximum absolute atomic E-state index is 7.77. The SMILES string of the molecule is CC(C)(C)c1ccc(N(c2ccc([Si](C)(C)C)cc2)c2cc3c4c(c2)N2c5c(cc(C(C)(C)C)cc5C5(C)CCCCC25C)B4c2oc4cc5c(cc4c2N3c2ccc(C(C)(C)C)cc2)C(C)(C)CCC5(C)C)cc1. The van der Waals surface area contributed by atoms with E-state index in [1.165, 1.54) is 108 Å². The highest BCUT2D eigenvalue weighted by Crippen LogP contribution is 2.63. The van der Waals surface area contributed by atoms with Crippen LogP contribution in [0.25, 0.3) is 11.0 Å². The summed E-state index contributed by atoms with van der Waals surface area (Å²) in [6.07, 6.45) is 7.07. The van der Waals surface area contributed by atoms with Crippen molar-refractivity contribution in [3.63, 3.8) is 0 Å². The molecule has 0 spiro atoms. The van der Waals surface area contributed by atoms with Crippen LogP contribution in [0, 0.1) is 0 Å². The zero-order chi connectivity index (χ0) is 53.5. The number of hydrogen-bond donors (Lipinski definition) is 0. The average Bonchev–Trinajstić information content (AvgIpc) is 3.94. The smallest absolute Gasteiger partial charge is 0.297 e. The lowest BCUT2D eigenvalue weighted by Gasteiger charge is -2.52. The fourth-order valence-corrected chi connectivity index (χ4v) is 15.6. The molecular formula is C69H84BN3OSi. The molecule has 4 heterocycles. The molecule has 388 valence electrons. The second-order valence-electron chi connectivity index (χ2n) is 29.7. The molecule has 75 heavy (non-hydrogen) atoms. The van der Waals surface area contributed by atoms with Crippen molar-refractivity contribution in [3.05, 3.63) is 143 Å². The fourth-order valence-electron chi connectivity index (χ4n) is 14.5. The van der Waals surface area contributed by atoms with Crippen molar-refractivity contribution in [3.8, 4) is 0 Å². The zero-order valence-electron chi connectivity index (χ0n) is 49.0. The quantitative estimate of drug-likeness (QED) is 0.160. The summed E-state index contributed by atoms with van der Waals surface area (Å²) in [5, 5.41) is 2.68. The number of benzene rings is 6. The van der Waals surface area contributed by atoms with Crippen LogP contribution in [0.2, 0.25) is 19.6 Å². The minimum atomic E-state index is -1.58. The predicted octanol–water partition coefficient (Wildman–Crippen LogP) is 17.0. The van der Waals surface area contributed by atoms with Crippen LogP contribution in [-0.2, 0) is 32.5 Å². The standard InChI is InChI=1S/C69H84BN3OSi/c1-63(2,3)43-21-25-46(26-22-43)71(47-29-31-50(32-30-47)75(16,17)18)49-39-56-59-57(40-49)73-61-54(68(14)33-19-20-34-69(68,73)15)37-45(65(7,8)9)38-55(61)70(59)62-60(72(56)48-27-23-44(24-28-48)64(4,5)6)51-41-52-53(42-58(51)74-62)67(12,13)36-35-66(52,10)11/h21-32,37-42H,19-20,33-36H2,1-18H3. The molecule has 12 rings (SSSR count). The van der Waals surface area contributed by atoms with E-state index in [1.54, 1.807) is 0 Å². The second kappa shape index (κ2) is 16.1. The largest absolute Gasteiger partial charge is 0.468 e. The summed E-state index contributed by atoms with van der Waals surface area (Å²) in [5.41, 5.74) is 23.0. The van der Waals surface area contributed by atoms with Crippen LogP contribution < -0.4 is 36.5 Å². The first-order chi connectivity index (χ1) is 34.9. The summed E-state index contributed by atoms with van der Waals surface area (Å²) in [6.45, 7) is 43.5. The number of nitrogens with zero attached hydrogens (tertiary/aromatic N) is 3. The molecule has 1 saturated carbocycles. The van der Waals surface area contributed by atoms with E-state index in [0.29, 0.717) is 0 Å². The molecule has 2 aliphatic carbocycles. The van der Waals surface area contributed by atoms with E-state index in [-0.39, 0.29) is 44.7 Å². The monoisotopic (exact) mass is 1010 g/mol. The summed E-state index contributed by atoms with van der Waals surface area (Å²) >= 11 is 0. The topological polar surface area (TPSA) is 22.9 Å². The van der Waals surface area contributed by atoms with Crippen molar-refractivity contribution in [1.29, 1.82) is 0 Å². The summed E-state index contributed by atoms with van der Waals surface area (Å²) in [7, 11) is -1.58. The van der Waals surface area contributed by atoms with Gasteiger partial charge in [0.15, 0.2) is 0 Å². The van der Waals surface area contributed by atoms with Gasteiger partial charge in [-0.1, -0.05) is 183 Å². The van der Waals surface area contributed by atoms with Crippen LogP contribution in [-0.4, -0.2) is 20.3 Å². The Hall–Kier alpha value is -5.46. The number of fused-ring (bicyclic) bond motifs is 10. The second-order valence-corrected chi connectivity index (χ2v) is 34.8. The molecule has 0 amide bonds. The van der Waals surface area contributed by atoms with Crippen LogP contribution in [0.5, 0.6) is 0 Å². The number of furan rings is 1. The molecule has 0 N–H and O–H groups in total. The summed E-state index contributed by atoms with van der Waals surface area (Å²) in [4.78, 5) is 8.11.